The Balaban J connectivity index is 1.96. The first-order valence-corrected chi connectivity index (χ1v) is 11.2. The van der Waals surface area contributed by atoms with Crippen molar-refractivity contribution in [3.8, 4) is 0 Å². The fraction of sp³-hybridized carbons (Fsp3) is 0.826. The van der Waals surface area contributed by atoms with Crippen molar-refractivity contribution in [2.75, 3.05) is 13.6 Å². The highest BCUT2D eigenvalue weighted by atomic mass is 16.3. The monoisotopic (exact) mass is 379 g/mol. The van der Waals surface area contributed by atoms with Crippen molar-refractivity contribution < 1.29 is 14.7 Å². The van der Waals surface area contributed by atoms with Gasteiger partial charge < -0.3 is 10.0 Å². The van der Waals surface area contributed by atoms with E-state index in [1.165, 1.54) is 75.5 Å². The number of aliphatic hydroxyl groups excluding tert-OH is 1. The molecule has 0 spiro atoms. The summed E-state index contributed by atoms with van der Waals surface area (Å²) in [6, 6.07) is 0. The molecule has 0 aromatic heterocycles. The van der Waals surface area contributed by atoms with E-state index in [1.807, 2.05) is 0 Å². The van der Waals surface area contributed by atoms with Crippen LogP contribution in [0.2, 0.25) is 0 Å². The lowest BCUT2D eigenvalue weighted by molar-refractivity contribution is -0.123. The minimum absolute atomic E-state index is 0.0116. The Morgan fingerprint density at radius 2 is 1.44 bits per heavy atom. The summed E-state index contributed by atoms with van der Waals surface area (Å²) in [5.74, 6) is 0.297. The molecule has 1 saturated heterocycles. The van der Waals surface area contributed by atoms with E-state index < -0.39 is 0 Å². The first kappa shape index (κ1) is 23.7. The molecule has 156 valence electrons. The van der Waals surface area contributed by atoms with Crippen LogP contribution >= 0.6 is 0 Å². The molecule has 4 heteroatoms. The predicted molar refractivity (Wildman–Crippen MR) is 112 cm³/mol. The highest BCUT2D eigenvalue weighted by molar-refractivity contribution is 6.25. The Kier molecular flexibility index (Phi) is 12.1. The molecule has 0 bridgehead atoms. The third-order valence-corrected chi connectivity index (χ3v) is 5.67. The van der Waals surface area contributed by atoms with E-state index in [0.29, 0.717) is 6.42 Å². The Morgan fingerprint density at radius 1 is 0.926 bits per heavy atom. The van der Waals surface area contributed by atoms with Gasteiger partial charge in [0.1, 0.15) is 11.3 Å². The maximum absolute atomic E-state index is 11.8. The minimum atomic E-state index is -0.336. The number of hydrogen-bond acceptors (Lipinski definition) is 3. The zero-order chi connectivity index (χ0) is 20.1. The molecule has 1 N–H and O–H groups in total. The first-order chi connectivity index (χ1) is 13.0. The molecule has 1 aliphatic heterocycles. The van der Waals surface area contributed by atoms with E-state index in [-0.39, 0.29) is 29.6 Å². The Morgan fingerprint density at radius 3 is 1.96 bits per heavy atom. The number of nitrogens with zero attached hydrogens (tertiary/aromatic N) is 1. The van der Waals surface area contributed by atoms with Crippen LogP contribution in [0.25, 0.3) is 0 Å². The van der Waals surface area contributed by atoms with Crippen LogP contribution in [-0.4, -0.2) is 35.3 Å². The third kappa shape index (κ3) is 9.44. The smallest absolute Gasteiger partial charge is 0.261 e. The summed E-state index contributed by atoms with van der Waals surface area (Å²) in [4.78, 5) is 24.9. The molecule has 1 atom stereocenters. The first-order valence-electron chi connectivity index (χ1n) is 11.2. The summed E-state index contributed by atoms with van der Waals surface area (Å²) in [7, 11) is 1.59. The van der Waals surface area contributed by atoms with Crippen molar-refractivity contribution in [1.82, 2.24) is 4.90 Å². The van der Waals surface area contributed by atoms with Gasteiger partial charge in [0.15, 0.2) is 5.78 Å². The van der Waals surface area contributed by atoms with Crippen LogP contribution in [0.5, 0.6) is 0 Å². The molecule has 0 saturated carbocycles. The van der Waals surface area contributed by atoms with Crippen LogP contribution in [-0.2, 0) is 9.59 Å². The number of rotatable bonds is 15. The topological polar surface area (TPSA) is 57.6 Å². The molecule has 1 amide bonds. The summed E-state index contributed by atoms with van der Waals surface area (Å²) in [6.45, 7) is 4.75. The van der Waals surface area contributed by atoms with Gasteiger partial charge in [-0.15, -0.1) is 0 Å². The lowest BCUT2D eigenvalue weighted by Gasteiger charge is -2.10. The van der Waals surface area contributed by atoms with Crippen molar-refractivity contribution in [1.29, 1.82) is 0 Å². The standard InChI is InChI=1S/C23H41NO3/c1-4-5-15-19(2)16-13-11-9-7-6-8-10-12-14-17-20(25)22-21(26)18-24(3)23(22)27/h19,25H,4-18H2,1-3H3. The van der Waals surface area contributed by atoms with Gasteiger partial charge in [-0.05, 0) is 12.3 Å². The number of carbonyl (C=O) groups excluding carboxylic acids is 2. The van der Waals surface area contributed by atoms with E-state index in [0.717, 1.165) is 18.8 Å². The van der Waals surface area contributed by atoms with Crippen molar-refractivity contribution in [2.45, 2.75) is 104 Å². The van der Waals surface area contributed by atoms with E-state index in [9.17, 15) is 14.7 Å². The Labute approximate surface area is 166 Å². The second-order valence-electron chi connectivity index (χ2n) is 8.37. The van der Waals surface area contributed by atoms with Crippen LogP contribution in [0.15, 0.2) is 11.3 Å². The van der Waals surface area contributed by atoms with E-state index in [4.69, 9.17) is 0 Å². The minimum Gasteiger partial charge on any atom is -0.511 e. The summed E-state index contributed by atoms with van der Waals surface area (Å²) in [5.41, 5.74) is 0.0153. The van der Waals surface area contributed by atoms with E-state index in [2.05, 4.69) is 13.8 Å². The van der Waals surface area contributed by atoms with Gasteiger partial charge in [-0.25, -0.2) is 0 Å². The van der Waals surface area contributed by atoms with Gasteiger partial charge in [-0.2, -0.15) is 0 Å². The number of carbonyl (C=O) groups is 2. The molecule has 0 aromatic rings. The molecule has 0 aliphatic carbocycles. The number of aliphatic hydroxyl groups is 1. The number of amides is 1. The van der Waals surface area contributed by atoms with Crippen LogP contribution in [0.4, 0.5) is 0 Å². The van der Waals surface area contributed by atoms with Gasteiger partial charge in [-0.1, -0.05) is 90.9 Å². The molecule has 0 aromatic carbocycles. The van der Waals surface area contributed by atoms with Gasteiger partial charge in [0.25, 0.3) is 5.91 Å². The van der Waals surface area contributed by atoms with Gasteiger partial charge in [0.2, 0.25) is 0 Å². The predicted octanol–water partition coefficient (Wildman–Crippen LogP) is 5.96. The number of hydrogen-bond donors (Lipinski definition) is 1. The van der Waals surface area contributed by atoms with Gasteiger partial charge >= 0.3 is 0 Å². The molecular weight excluding hydrogens is 338 g/mol. The summed E-state index contributed by atoms with van der Waals surface area (Å²) >= 11 is 0. The lowest BCUT2D eigenvalue weighted by atomic mass is 9.97. The van der Waals surface area contributed by atoms with Crippen molar-refractivity contribution in [3.63, 3.8) is 0 Å². The van der Waals surface area contributed by atoms with Crippen LogP contribution in [0.1, 0.15) is 104 Å². The largest absolute Gasteiger partial charge is 0.511 e. The lowest BCUT2D eigenvalue weighted by Crippen LogP contribution is -2.19. The van der Waals surface area contributed by atoms with Crippen molar-refractivity contribution in [2.24, 2.45) is 5.92 Å². The van der Waals surface area contributed by atoms with Crippen molar-refractivity contribution in [3.05, 3.63) is 11.3 Å². The number of allylic oxidation sites excluding steroid dienone is 1. The van der Waals surface area contributed by atoms with Crippen molar-refractivity contribution >= 4 is 11.7 Å². The number of Topliss-reactive ketones (excluding diaryl/α,β-unsaturated/α-hetero) is 1. The molecule has 1 aliphatic rings. The maximum atomic E-state index is 11.8. The number of likely N-dealkylation sites (tertiary alicyclic amines) is 1. The second kappa shape index (κ2) is 13.8. The highest BCUT2D eigenvalue weighted by Crippen LogP contribution is 2.20. The third-order valence-electron chi connectivity index (χ3n) is 5.67. The second-order valence-corrected chi connectivity index (χ2v) is 8.37. The molecule has 27 heavy (non-hydrogen) atoms. The molecular formula is C23H41NO3. The quantitative estimate of drug-likeness (QED) is 0.165. The van der Waals surface area contributed by atoms with E-state index >= 15 is 0 Å². The zero-order valence-corrected chi connectivity index (χ0v) is 17.9. The summed E-state index contributed by atoms with van der Waals surface area (Å²) in [5, 5.41) is 10.0. The molecule has 1 rings (SSSR count). The van der Waals surface area contributed by atoms with Crippen LogP contribution < -0.4 is 0 Å². The molecule has 1 heterocycles. The molecule has 1 fully saturated rings. The average Bonchev–Trinajstić information content (AvgIpc) is 2.89. The molecule has 1 unspecified atom stereocenters. The SMILES string of the molecule is CCCCC(C)CCCCCCCCCCCC(O)=C1C(=O)CN(C)C1=O. The van der Waals surface area contributed by atoms with E-state index in [1.54, 1.807) is 7.05 Å². The maximum Gasteiger partial charge on any atom is 0.261 e. The fourth-order valence-electron chi connectivity index (χ4n) is 3.81. The van der Waals surface area contributed by atoms with Crippen LogP contribution in [0.3, 0.4) is 0 Å². The van der Waals surface area contributed by atoms with Crippen LogP contribution in [0, 0.1) is 5.92 Å². The molecule has 4 nitrogen and oxygen atoms in total. The summed E-state index contributed by atoms with van der Waals surface area (Å²) in [6.07, 6.45) is 16.9. The highest BCUT2D eigenvalue weighted by Gasteiger charge is 2.33. The normalized spacial score (nSPS) is 17.7. The van der Waals surface area contributed by atoms with Gasteiger partial charge in [0.05, 0.1) is 6.54 Å². The Hall–Kier alpha value is -1.32. The van der Waals surface area contributed by atoms with Gasteiger partial charge in [-0.3, -0.25) is 9.59 Å². The number of likely N-dealkylation sites (N-methyl/N-ethyl adjacent to an activating group) is 1. The summed E-state index contributed by atoms with van der Waals surface area (Å²) < 4.78 is 0. The fourth-order valence-corrected chi connectivity index (χ4v) is 3.81. The zero-order valence-electron chi connectivity index (χ0n) is 17.9. The average molecular weight is 380 g/mol. The van der Waals surface area contributed by atoms with Gasteiger partial charge in [0, 0.05) is 13.5 Å². The molecule has 0 radical (unpaired) electrons. The number of ketones is 1. The Bertz CT molecular complexity index is 484. The number of unbranched alkanes of at least 4 members (excludes halogenated alkanes) is 9.